The lowest BCUT2D eigenvalue weighted by Crippen LogP contribution is -2.17. The number of hydrogen-bond donors (Lipinski definition) is 1. The molecule has 1 fully saturated rings. The molecule has 0 aliphatic heterocycles. The molecule has 1 aliphatic carbocycles. The molecule has 5 heteroatoms. The smallest absolute Gasteiger partial charge is 0.189 e. The van der Waals surface area contributed by atoms with Crippen molar-refractivity contribution < 1.29 is 0 Å². The Hall–Kier alpha value is -0.290. The molecule has 0 spiro atoms. The lowest BCUT2D eigenvalue weighted by atomic mass is 10.2. The van der Waals surface area contributed by atoms with Crippen molar-refractivity contribution in [3.8, 4) is 0 Å². The number of hydrogen-bond acceptors (Lipinski definition) is 4. The summed E-state index contributed by atoms with van der Waals surface area (Å²) in [7, 11) is 0. The van der Waals surface area contributed by atoms with Crippen LogP contribution in [0.5, 0.6) is 0 Å². The van der Waals surface area contributed by atoms with E-state index in [4.69, 9.17) is 0 Å². The van der Waals surface area contributed by atoms with E-state index in [-0.39, 0.29) is 0 Å². The fourth-order valence-corrected chi connectivity index (χ4v) is 2.73. The van der Waals surface area contributed by atoms with E-state index in [2.05, 4.69) is 31.2 Å². The molecular formula is C11H16BrN3S. The van der Waals surface area contributed by atoms with E-state index in [0.717, 1.165) is 21.9 Å². The van der Waals surface area contributed by atoms with Gasteiger partial charge >= 0.3 is 0 Å². The van der Waals surface area contributed by atoms with E-state index < -0.39 is 0 Å². The second-order valence-corrected chi connectivity index (χ2v) is 5.32. The monoisotopic (exact) mass is 301 g/mol. The maximum atomic E-state index is 4.54. The molecular weight excluding hydrogens is 286 g/mol. The van der Waals surface area contributed by atoms with E-state index in [1.165, 1.54) is 25.7 Å². The number of anilines is 1. The third-order valence-corrected chi connectivity index (χ3v) is 4.03. The van der Waals surface area contributed by atoms with Crippen LogP contribution in [0.25, 0.3) is 0 Å². The van der Waals surface area contributed by atoms with Crippen LogP contribution < -0.4 is 5.32 Å². The summed E-state index contributed by atoms with van der Waals surface area (Å²) in [5.41, 5.74) is 1.14. The van der Waals surface area contributed by atoms with Crippen LogP contribution in [0.15, 0.2) is 11.4 Å². The van der Waals surface area contributed by atoms with Crippen LogP contribution >= 0.6 is 27.7 Å². The number of alkyl halides is 1. The van der Waals surface area contributed by atoms with Gasteiger partial charge in [0, 0.05) is 23.1 Å². The summed E-state index contributed by atoms with van der Waals surface area (Å²) in [6.07, 6.45) is 9.11. The Morgan fingerprint density at radius 1 is 1.50 bits per heavy atom. The normalized spacial score (nSPS) is 16.6. The zero-order valence-electron chi connectivity index (χ0n) is 9.37. The Morgan fingerprint density at radius 2 is 2.25 bits per heavy atom. The SMILES string of the molecule is CSc1ncc(CBr)c(NC2CCCC2)n1. The minimum atomic E-state index is 0.599. The van der Waals surface area contributed by atoms with Crippen LogP contribution in [-0.2, 0) is 5.33 Å². The molecule has 1 heterocycles. The van der Waals surface area contributed by atoms with Crippen molar-refractivity contribution >= 4 is 33.5 Å². The topological polar surface area (TPSA) is 37.8 Å². The molecule has 0 radical (unpaired) electrons. The highest BCUT2D eigenvalue weighted by molar-refractivity contribution is 9.08. The molecule has 0 atom stereocenters. The van der Waals surface area contributed by atoms with E-state index in [0.29, 0.717) is 6.04 Å². The number of nitrogens with one attached hydrogen (secondary N) is 1. The second kappa shape index (κ2) is 5.87. The fraction of sp³-hybridized carbons (Fsp3) is 0.636. The van der Waals surface area contributed by atoms with Crippen LogP contribution in [0.4, 0.5) is 5.82 Å². The highest BCUT2D eigenvalue weighted by Crippen LogP contribution is 2.25. The molecule has 0 bridgehead atoms. The summed E-state index contributed by atoms with van der Waals surface area (Å²) in [5, 5.41) is 5.18. The quantitative estimate of drug-likeness (QED) is 0.525. The average Bonchev–Trinajstić information content (AvgIpc) is 2.82. The number of aromatic nitrogens is 2. The van der Waals surface area contributed by atoms with Gasteiger partial charge in [-0.1, -0.05) is 40.5 Å². The number of halogens is 1. The van der Waals surface area contributed by atoms with Crippen LogP contribution in [0, 0.1) is 0 Å². The molecule has 2 rings (SSSR count). The van der Waals surface area contributed by atoms with Crippen molar-refractivity contribution in [2.45, 2.75) is 42.2 Å². The molecule has 88 valence electrons. The predicted octanol–water partition coefficient (Wildman–Crippen LogP) is 3.45. The van der Waals surface area contributed by atoms with Gasteiger partial charge in [-0.2, -0.15) is 0 Å². The van der Waals surface area contributed by atoms with Crippen molar-refractivity contribution in [2.75, 3.05) is 11.6 Å². The van der Waals surface area contributed by atoms with E-state index in [9.17, 15) is 0 Å². The molecule has 3 nitrogen and oxygen atoms in total. The van der Waals surface area contributed by atoms with Gasteiger partial charge in [-0.05, 0) is 19.1 Å². The van der Waals surface area contributed by atoms with Crippen molar-refractivity contribution in [1.29, 1.82) is 0 Å². The molecule has 1 aromatic heterocycles. The maximum absolute atomic E-state index is 4.54. The molecule has 1 N–H and O–H groups in total. The Labute approximate surface area is 109 Å². The average molecular weight is 302 g/mol. The first-order chi connectivity index (χ1) is 7.83. The Balaban J connectivity index is 2.15. The molecule has 0 unspecified atom stereocenters. The van der Waals surface area contributed by atoms with Gasteiger partial charge in [-0.25, -0.2) is 9.97 Å². The largest absolute Gasteiger partial charge is 0.367 e. The Kier molecular flexibility index (Phi) is 4.46. The van der Waals surface area contributed by atoms with Gasteiger partial charge in [-0.15, -0.1) is 0 Å². The molecule has 1 aliphatic rings. The third kappa shape index (κ3) is 2.88. The summed E-state index contributed by atoms with van der Waals surface area (Å²) >= 11 is 5.06. The highest BCUT2D eigenvalue weighted by atomic mass is 79.9. The zero-order valence-corrected chi connectivity index (χ0v) is 11.8. The van der Waals surface area contributed by atoms with Crippen molar-refractivity contribution in [1.82, 2.24) is 9.97 Å². The van der Waals surface area contributed by atoms with Crippen LogP contribution in [-0.4, -0.2) is 22.3 Å². The molecule has 1 aromatic rings. The predicted molar refractivity (Wildman–Crippen MR) is 72.3 cm³/mol. The lowest BCUT2D eigenvalue weighted by molar-refractivity contribution is 0.743. The Morgan fingerprint density at radius 3 is 2.88 bits per heavy atom. The Bertz CT molecular complexity index is 353. The number of nitrogens with zero attached hydrogens (tertiary/aromatic N) is 2. The first kappa shape index (κ1) is 12.2. The summed E-state index contributed by atoms with van der Waals surface area (Å²) in [6.45, 7) is 0. The maximum Gasteiger partial charge on any atom is 0.189 e. The minimum absolute atomic E-state index is 0.599. The first-order valence-corrected chi connectivity index (χ1v) is 7.90. The molecule has 0 amide bonds. The minimum Gasteiger partial charge on any atom is -0.367 e. The van der Waals surface area contributed by atoms with Crippen LogP contribution in [0.2, 0.25) is 0 Å². The van der Waals surface area contributed by atoms with Crippen LogP contribution in [0.1, 0.15) is 31.2 Å². The number of rotatable bonds is 4. The van der Waals surface area contributed by atoms with E-state index in [1.54, 1.807) is 11.8 Å². The van der Waals surface area contributed by atoms with Gasteiger partial charge < -0.3 is 5.32 Å². The van der Waals surface area contributed by atoms with Crippen molar-refractivity contribution in [3.63, 3.8) is 0 Å². The van der Waals surface area contributed by atoms with Crippen LogP contribution in [0.3, 0.4) is 0 Å². The summed E-state index contributed by atoms with van der Waals surface area (Å²) in [4.78, 5) is 8.82. The van der Waals surface area contributed by atoms with E-state index >= 15 is 0 Å². The molecule has 1 saturated carbocycles. The van der Waals surface area contributed by atoms with Gasteiger partial charge in [-0.3, -0.25) is 0 Å². The zero-order chi connectivity index (χ0) is 11.4. The highest BCUT2D eigenvalue weighted by Gasteiger charge is 2.16. The standard InChI is InChI=1S/C11H16BrN3S/c1-16-11-13-7-8(6-12)10(15-11)14-9-4-2-3-5-9/h7,9H,2-6H2,1H3,(H,13,14,15). The van der Waals surface area contributed by atoms with Gasteiger partial charge in [0.2, 0.25) is 0 Å². The fourth-order valence-electron chi connectivity index (χ4n) is 1.98. The third-order valence-electron chi connectivity index (χ3n) is 2.86. The number of thioether (sulfide) groups is 1. The molecule has 0 saturated heterocycles. The molecule has 16 heavy (non-hydrogen) atoms. The van der Waals surface area contributed by atoms with Crippen molar-refractivity contribution in [3.05, 3.63) is 11.8 Å². The summed E-state index contributed by atoms with van der Waals surface area (Å²) in [5.74, 6) is 1.00. The lowest BCUT2D eigenvalue weighted by Gasteiger charge is -2.15. The second-order valence-electron chi connectivity index (χ2n) is 3.99. The van der Waals surface area contributed by atoms with Gasteiger partial charge in [0.25, 0.3) is 0 Å². The van der Waals surface area contributed by atoms with E-state index in [1.807, 2.05) is 12.5 Å². The first-order valence-electron chi connectivity index (χ1n) is 5.56. The van der Waals surface area contributed by atoms with Gasteiger partial charge in [0.1, 0.15) is 5.82 Å². The van der Waals surface area contributed by atoms with Gasteiger partial charge in [0.05, 0.1) is 0 Å². The summed E-state index contributed by atoms with van der Waals surface area (Å²) < 4.78 is 0. The van der Waals surface area contributed by atoms with Gasteiger partial charge in [0.15, 0.2) is 5.16 Å². The summed E-state index contributed by atoms with van der Waals surface area (Å²) in [6, 6.07) is 0.599. The molecule has 0 aromatic carbocycles. The van der Waals surface area contributed by atoms with Crippen molar-refractivity contribution in [2.24, 2.45) is 0 Å².